The lowest BCUT2D eigenvalue weighted by Crippen LogP contribution is -2.14. The summed E-state index contributed by atoms with van der Waals surface area (Å²) >= 11 is 0. The highest BCUT2D eigenvalue weighted by atomic mass is 16.5. The van der Waals surface area contributed by atoms with Crippen LogP contribution in [0.15, 0.2) is 30.3 Å². The maximum atomic E-state index is 9.33. The van der Waals surface area contributed by atoms with E-state index in [-0.39, 0.29) is 6.10 Å². The Bertz CT molecular complexity index is 387. The number of benzene rings is 1. The highest BCUT2D eigenvalue weighted by Gasteiger charge is 2.11. The molecule has 1 aromatic carbocycles. The Morgan fingerprint density at radius 3 is 2.58 bits per heavy atom. The monoisotopic (exact) mass is 260 g/mol. The molecular weight excluding hydrogens is 236 g/mol. The SMILES string of the molecule is CCCCC#CCC(OCC(C)O)c1ccccc1. The van der Waals surface area contributed by atoms with E-state index in [1.165, 1.54) is 6.42 Å². The highest BCUT2D eigenvalue weighted by molar-refractivity contribution is 5.19. The fourth-order valence-electron chi connectivity index (χ4n) is 1.71. The molecule has 0 bridgehead atoms. The Morgan fingerprint density at radius 2 is 1.95 bits per heavy atom. The second-order valence-corrected chi connectivity index (χ2v) is 4.74. The molecule has 0 amide bonds. The van der Waals surface area contributed by atoms with Gasteiger partial charge in [0.15, 0.2) is 0 Å². The zero-order valence-electron chi connectivity index (χ0n) is 11.9. The lowest BCUT2D eigenvalue weighted by atomic mass is 10.1. The molecule has 0 saturated heterocycles. The van der Waals surface area contributed by atoms with Gasteiger partial charge in [-0.2, -0.15) is 0 Å². The molecule has 1 N–H and O–H groups in total. The summed E-state index contributed by atoms with van der Waals surface area (Å²) in [6, 6.07) is 10.1. The molecule has 2 atom stereocenters. The second kappa shape index (κ2) is 9.61. The molecule has 1 rings (SSSR count). The molecule has 0 fully saturated rings. The molecule has 2 nitrogen and oxygen atoms in total. The smallest absolute Gasteiger partial charge is 0.0935 e. The topological polar surface area (TPSA) is 29.5 Å². The third kappa shape index (κ3) is 7.00. The molecule has 0 aliphatic carbocycles. The van der Waals surface area contributed by atoms with Crippen molar-refractivity contribution in [1.29, 1.82) is 0 Å². The predicted molar refractivity (Wildman–Crippen MR) is 78.7 cm³/mol. The van der Waals surface area contributed by atoms with E-state index in [2.05, 4.69) is 18.8 Å². The van der Waals surface area contributed by atoms with Crippen LogP contribution in [0.1, 0.15) is 51.2 Å². The number of ether oxygens (including phenoxy) is 1. The first-order chi connectivity index (χ1) is 9.24. The number of rotatable bonds is 7. The van der Waals surface area contributed by atoms with Gasteiger partial charge >= 0.3 is 0 Å². The normalized spacial score (nSPS) is 13.4. The standard InChI is InChI=1S/C17H24O2/c1-3-4-5-6-10-13-17(19-14-15(2)18)16-11-8-7-9-12-16/h7-9,11-12,15,17-18H,3-5,13-14H2,1-2H3. The minimum absolute atomic E-state index is 0.0510. The summed E-state index contributed by atoms with van der Waals surface area (Å²) in [4.78, 5) is 0. The van der Waals surface area contributed by atoms with Crippen LogP contribution in [-0.4, -0.2) is 17.8 Å². The van der Waals surface area contributed by atoms with Crippen LogP contribution in [0.25, 0.3) is 0 Å². The van der Waals surface area contributed by atoms with Crippen molar-refractivity contribution in [3.8, 4) is 11.8 Å². The quantitative estimate of drug-likeness (QED) is 0.598. The van der Waals surface area contributed by atoms with Gasteiger partial charge < -0.3 is 9.84 Å². The van der Waals surface area contributed by atoms with Gasteiger partial charge in [0.1, 0.15) is 0 Å². The van der Waals surface area contributed by atoms with Gasteiger partial charge in [-0.15, -0.1) is 11.8 Å². The van der Waals surface area contributed by atoms with Crippen LogP contribution in [0, 0.1) is 11.8 Å². The summed E-state index contributed by atoms with van der Waals surface area (Å²) in [5.41, 5.74) is 1.12. The first-order valence-electron chi connectivity index (χ1n) is 7.04. The van der Waals surface area contributed by atoms with Crippen LogP contribution < -0.4 is 0 Å². The zero-order valence-corrected chi connectivity index (χ0v) is 11.9. The molecule has 0 aromatic heterocycles. The summed E-state index contributed by atoms with van der Waals surface area (Å²) in [6.07, 6.45) is 3.46. The Labute approximate surface area is 116 Å². The van der Waals surface area contributed by atoms with Crippen molar-refractivity contribution in [3.63, 3.8) is 0 Å². The van der Waals surface area contributed by atoms with Gasteiger partial charge in [0.25, 0.3) is 0 Å². The molecule has 104 valence electrons. The van der Waals surface area contributed by atoms with Crippen molar-refractivity contribution in [1.82, 2.24) is 0 Å². The van der Waals surface area contributed by atoms with Crippen LogP contribution in [0.2, 0.25) is 0 Å². The molecule has 0 aliphatic rings. The van der Waals surface area contributed by atoms with E-state index in [1.807, 2.05) is 30.3 Å². The van der Waals surface area contributed by atoms with Gasteiger partial charge in [-0.25, -0.2) is 0 Å². The van der Waals surface area contributed by atoms with Crippen LogP contribution >= 0.6 is 0 Å². The molecule has 2 unspecified atom stereocenters. The summed E-state index contributed by atoms with van der Waals surface area (Å²) < 4.78 is 5.74. The number of hydrogen-bond acceptors (Lipinski definition) is 2. The largest absolute Gasteiger partial charge is 0.391 e. The van der Waals surface area contributed by atoms with Crippen LogP contribution in [0.4, 0.5) is 0 Å². The molecule has 0 aliphatic heterocycles. The van der Waals surface area contributed by atoms with Crippen LogP contribution in [0.5, 0.6) is 0 Å². The molecule has 19 heavy (non-hydrogen) atoms. The fraction of sp³-hybridized carbons (Fsp3) is 0.529. The maximum Gasteiger partial charge on any atom is 0.0935 e. The van der Waals surface area contributed by atoms with Crippen molar-refractivity contribution in [2.45, 2.75) is 51.7 Å². The van der Waals surface area contributed by atoms with Crippen LogP contribution in [-0.2, 0) is 4.74 Å². The minimum Gasteiger partial charge on any atom is -0.391 e. The Morgan fingerprint density at radius 1 is 1.21 bits per heavy atom. The Balaban J connectivity index is 2.56. The number of aliphatic hydroxyl groups excluding tert-OH is 1. The average molecular weight is 260 g/mol. The van der Waals surface area contributed by atoms with Crippen molar-refractivity contribution in [3.05, 3.63) is 35.9 Å². The molecule has 0 radical (unpaired) electrons. The first kappa shape index (κ1) is 15.8. The second-order valence-electron chi connectivity index (χ2n) is 4.74. The number of unbranched alkanes of at least 4 members (excludes halogenated alkanes) is 2. The maximum absolute atomic E-state index is 9.33. The average Bonchev–Trinajstić information content (AvgIpc) is 2.42. The Kier molecular flexibility index (Phi) is 7.97. The van der Waals surface area contributed by atoms with Crippen molar-refractivity contribution in [2.24, 2.45) is 0 Å². The van der Waals surface area contributed by atoms with Crippen LogP contribution in [0.3, 0.4) is 0 Å². The van der Waals surface area contributed by atoms with Gasteiger partial charge in [0.2, 0.25) is 0 Å². The minimum atomic E-state index is -0.445. The van der Waals surface area contributed by atoms with E-state index in [4.69, 9.17) is 4.74 Å². The predicted octanol–water partition coefficient (Wildman–Crippen LogP) is 3.71. The van der Waals surface area contributed by atoms with Crippen molar-refractivity contribution in [2.75, 3.05) is 6.61 Å². The molecule has 0 spiro atoms. The van der Waals surface area contributed by atoms with E-state index >= 15 is 0 Å². The van der Waals surface area contributed by atoms with Gasteiger partial charge in [-0.05, 0) is 18.9 Å². The highest BCUT2D eigenvalue weighted by Crippen LogP contribution is 2.20. The summed E-state index contributed by atoms with van der Waals surface area (Å²) in [6.45, 7) is 4.24. The van der Waals surface area contributed by atoms with E-state index in [1.54, 1.807) is 6.92 Å². The summed E-state index contributed by atoms with van der Waals surface area (Å²) in [5.74, 6) is 6.37. The third-order valence-corrected chi connectivity index (χ3v) is 2.78. The molecular formula is C17H24O2. The fourth-order valence-corrected chi connectivity index (χ4v) is 1.71. The summed E-state index contributed by atoms with van der Waals surface area (Å²) in [5, 5.41) is 9.33. The van der Waals surface area contributed by atoms with E-state index in [0.29, 0.717) is 13.0 Å². The third-order valence-electron chi connectivity index (χ3n) is 2.78. The van der Waals surface area contributed by atoms with Gasteiger partial charge in [0, 0.05) is 12.8 Å². The molecule has 0 saturated carbocycles. The van der Waals surface area contributed by atoms with E-state index in [0.717, 1.165) is 18.4 Å². The van der Waals surface area contributed by atoms with E-state index in [9.17, 15) is 5.11 Å². The first-order valence-corrected chi connectivity index (χ1v) is 7.04. The molecule has 2 heteroatoms. The Hall–Kier alpha value is -1.30. The van der Waals surface area contributed by atoms with Crippen molar-refractivity contribution < 1.29 is 9.84 Å². The van der Waals surface area contributed by atoms with Gasteiger partial charge in [-0.3, -0.25) is 0 Å². The lowest BCUT2D eigenvalue weighted by Gasteiger charge is -2.17. The van der Waals surface area contributed by atoms with Crippen molar-refractivity contribution >= 4 is 0 Å². The molecule has 1 aromatic rings. The van der Waals surface area contributed by atoms with Gasteiger partial charge in [0.05, 0.1) is 18.8 Å². The zero-order chi connectivity index (χ0) is 13.9. The lowest BCUT2D eigenvalue weighted by molar-refractivity contribution is -0.00159. The van der Waals surface area contributed by atoms with Gasteiger partial charge in [-0.1, -0.05) is 43.7 Å². The molecule has 0 heterocycles. The number of hydrogen-bond donors (Lipinski definition) is 1. The number of aliphatic hydroxyl groups is 1. The summed E-state index contributed by atoms with van der Waals surface area (Å²) in [7, 11) is 0. The van der Waals surface area contributed by atoms with E-state index < -0.39 is 6.10 Å².